The Bertz CT molecular complexity index is 1860. The minimum Gasteiger partial charge on any atom is -0.443 e. The molecule has 0 aliphatic carbocycles. The van der Waals surface area contributed by atoms with Gasteiger partial charge in [0.2, 0.25) is 0 Å². The summed E-state index contributed by atoms with van der Waals surface area (Å²) in [5, 5.41) is 12.0. The fraction of sp³-hybridized carbons (Fsp3) is 0.286. The summed E-state index contributed by atoms with van der Waals surface area (Å²) in [5.41, 5.74) is -0.297. The molecule has 0 spiro atoms. The number of carbonyl (C=O) groups excluding carboxylic acids is 1. The maximum absolute atomic E-state index is 13.7. The summed E-state index contributed by atoms with van der Waals surface area (Å²) in [6.07, 6.45) is -1.77. The van der Waals surface area contributed by atoms with E-state index in [1.807, 2.05) is 6.07 Å². The van der Waals surface area contributed by atoms with Crippen LogP contribution in [0.15, 0.2) is 64.2 Å². The smallest absolute Gasteiger partial charge is 0.419 e. The zero-order valence-electron chi connectivity index (χ0n) is 22.2. The van der Waals surface area contributed by atoms with Crippen molar-refractivity contribution in [2.45, 2.75) is 39.0 Å². The van der Waals surface area contributed by atoms with E-state index < -0.39 is 29.0 Å². The molecule has 11 heteroatoms. The lowest BCUT2D eigenvalue weighted by Crippen LogP contribution is -2.40. The first-order valence-electron chi connectivity index (χ1n) is 12.3. The number of benzene rings is 2. The number of carbonyl (C=O) groups is 1. The lowest BCUT2D eigenvalue weighted by molar-refractivity contribution is 0.0540. The van der Waals surface area contributed by atoms with E-state index in [2.05, 4.69) is 4.98 Å². The highest BCUT2D eigenvalue weighted by molar-refractivity contribution is 6.35. The van der Waals surface area contributed by atoms with Crippen molar-refractivity contribution in [3.63, 3.8) is 0 Å². The van der Waals surface area contributed by atoms with Crippen molar-refractivity contribution in [1.29, 1.82) is 0 Å². The molecule has 5 aromatic rings. The van der Waals surface area contributed by atoms with Crippen molar-refractivity contribution < 1.29 is 14.6 Å². The van der Waals surface area contributed by atoms with Gasteiger partial charge in [0.05, 0.1) is 17.8 Å². The topological polar surface area (TPSA) is 113 Å². The molecule has 0 bridgehead atoms. The third kappa shape index (κ3) is 4.55. The fourth-order valence-electron chi connectivity index (χ4n) is 4.68. The Morgan fingerprint density at radius 3 is 2.41 bits per heavy atom. The van der Waals surface area contributed by atoms with Crippen molar-refractivity contribution >= 4 is 39.8 Å². The van der Waals surface area contributed by atoms with Crippen LogP contribution in [-0.4, -0.2) is 40.1 Å². The van der Waals surface area contributed by atoms with E-state index in [0.717, 1.165) is 4.57 Å². The Hall–Kier alpha value is -4.15. The summed E-state index contributed by atoms with van der Waals surface area (Å²) >= 11 is 6.42. The molecular weight excluding hydrogens is 522 g/mol. The number of nitrogens with zero attached hydrogens (tertiary/aromatic N) is 5. The van der Waals surface area contributed by atoms with Crippen LogP contribution in [0.5, 0.6) is 0 Å². The van der Waals surface area contributed by atoms with E-state index >= 15 is 0 Å². The lowest BCUT2D eigenvalue weighted by Gasteiger charge is -2.21. The van der Waals surface area contributed by atoms with Crippen LogP contribution < -0.4 is 11.2 Å². The third-order valence-corrected chi connectivity index (χ3v) is 6.85. The van der Waals surface area contributed by atoms with E-state index in [9.17, 15) is 19.5 Å². The number of aliphatic hydroxyl groups excluding tert-OH is 1. The molecule has 5 rings (SSSR count). The van der Waals surface area contributed by atoms with Gasteiger partial charge in [-0.15, -0.1) is 0 Å². The first-order valence-corrected chi connectivity index (χ1v) is 12.7. The molecule has 10 nitrogen and oxygen atoms in total. The van der Waals surface area contributed by atoms with Gasteiger partial charge in [0, 0.05) is 24.5 Å². The number of aromatic nitrogens is 5. The third-order valence-electron chi connectivity index (χ3n) is 6.52. The number of imidazole rings is 1. The molecule has 0 aliphatic rings. The van der Waals surface area contributed by atoms with Gasteiger partial charge < -0.3 is 14.4 Å². The van der Waals surface area contributed by atoms with Crippen molar-refractivity contribution in [2.24, 2.45) is 14.1 Å². The predicted octanol–water partition coefficient (Wildman–Crippen LogP) is 3.96. The summed E-state index contributed by atoms with van der Waals surface area (Å²) < 4.78 is 10.7. The zero-order valence-corrected chi connectivity index (χ0v) is 22.9. The van der Waals surface area contributed by atoms with Gasteiger partial charge in [0.15, 0.2) is 11.2 Å². The van der Waals surface area contributed by atoms with E-state index in [1.54, 1.807) is 76.3 Å². The molecule has 39 heavy (non-hydrogen) atoms. The molecule has 0 saturated heterocycles. The van der Waals surface area contributed by atoms with Gasteiger partial charge in [0.1, 0.15) is 17.5 Å². The normalized spacial score (nSPS) is 12.8. The van der Waals surface area contributed by atoms with E-state index in [4.69, 9.17) is 16.3 Å². The van der Waals surface area contributed by atoms with E-state index in [-0.39, 0.29) is 23.5 Å². The Morgan fingerprint density at radius 2 is 1.74 bits per heavy atom. The van der Waals surface area contributed by atoms with Gasteiger partial charge in [-0.3, -0.25) is 13.9 Å². The van der Waals surface area contributed by atoms with Crippen LogP contribution in [0.4, 0.5) is 4.79 Å². The first kappa shape index (κ1) is 26.5. The number of hydrogen-bond donors (Lipinski definition) is 1. The maximum atomic E-state index is 13.7. The second kappa shape index (κ2) is 9.55. The first-order chi connectivity index (χ1) is 18.4. The van der Waals surface area contributed by atoms with Crippen molar-refractivity contribution in [1.82, 2.24) is 23.3 Å². The van der Waals surface area contributed by atoms with E-state index in [1.165, 1.54) is 20.7 Å². The Balaban J connectivity index is 1.69. The minimum atomic E-state index is -1.11. The van der Waals surface area contributed by atoms with Gasteiger partial charge in [-0.1, -0.05) is 48.0 Å². The molecule has 2 aromatic carbocycles. The van der Waals surface area contributed by atoms with Gasteiger partial charge in [0.25, 0.3) is 5.56 Å². The van der Waals surface area contributed by atoms with Crippen LogP contribution in [0.25, 0.3) is 22.1 Å². The molecular formula is C28H28ClN5O5. The highest BCUT2D eigenvalue weighted by atomic mass is 35.5. The van der Waals surface area contributed by atoms with Gasteiger partial charge in [-0.25, -0.2) is 19.1 Å². The molecule has 0 aliphatic heterocycles. The molecule has 1 N–H and O–H groups in total. The number of rotatable bonds is 4. The molecule has 1 unspecified atom stereocenters. The number of aliphatic hydroxyl groups is 1. The Labute approximate surface area is 228 Å². The average Bonchev–Trinajstić information content (AvgIpc) is 3.43. The minimum absolute atomic E-state index is 0.139. The maximum Gasteiger partial charge on any atom is 0.419 e. The quantitative estimate of drug-likeness (QED) is 0.363. The van der Waals surface area contributed by atoms with Gasteiger partial charge in [-0.2, -0.15) is 0 Å². The molecule has 1 atom stereocenters. The average molecular weight is 550 g/mol. The number of fused-ring (bicyclic) bond motifs is 2. The summed E-state index contributed by atoms with van der Waals surface area (Å²) in [6.45, 7) is 5.03. The number of ether oxygens (including phenoxy) is 1. The molecule has 0 radical (unpaired) electrons. The second-order valence-corrected chi connectivity index (χ2v) is 10.8. The Morgan fingerprint density at radius 1 is 1.05 bits per heavy atom. The number of halogens is 1. The van der Waals surface area contributed by atoms with Gasteiger partial charge >= 0.3 is 11.8 Å². The number of aryl methyl sites for hydroxylation is 2. The second-order valence-electron chi connectivity index (χ2n) is 10.4. The summed E-state index contributed by atoms with van der Waals surface area (Å²) in [6, 6.07) is 15.7. The van der Waals surface area contributed by atoms with E-state index in [0.29, 0.717) is 27.2 Å². The molecule has 0 fully saturated rings. The highest BCUT2D eigenvalue weighted by Gasteiger charge is 2.26. The standard InChI is InChI=1S/C28H28ClN5O5/c1-28(2,3)39-27(38)34-17(14-18-19(29)12-9-13-20(18)34)15-33-25(36)21-23(32(5)26(33)37)30-24(31(21)4)22(35)16-10-7-6-8-11-16/h6-14,22,35H,15H2,1-5H3. The van der Waals surface area contributed by atoms with Crippen LogP contribution in [0.1, 0.15) is 44.0 Å². The molecule has 3 aromatic heterocycles. The van der Waals surface area contributed by atoms with Crippen molar-refractivity contribution in [3.8, 4) is 0 Å². The zero-order chi connectivity index (χ0) is 28.2. The predicted molar refractivity (Wildman–Crippen MR) is 148 cm³/mol. The van der Waals surface area contributed by atoms with Crippen LogP contribution in [-0.2, 0) is 25.4 Å². The molecule has 3 heterocycles. The van der Waals surface area contributed by atoms with Crippen LogP contribution in [0.2, 0.25) is 5.02 Å². The summed E-state index contributed by atoms with van der Waals surface area (Å²) in [7, 11) is 3.12. The van der Waals surface area contributed by atoms with Crippen LogP contribution >= 0.6 is 11.6 Å². The van der Waals surface area contributed by atoms with Crippen molar-refractivity contribution in [3.05, 3.63) is 97.5 Å². The van der Waals surface area contributed by atoms with Crippen LogP contribution in [0.3, 0.4) is 0 Å². The number of hydrogen-bond acceptors (Lipinski definition) is 6. The summed E-state index contributed by atoms with van der Waals surface area (Å²) in [5.74, 6) is 0.218. The molecule has 202 valence electrons. The van der Waals surface area contributed by atoms with Gasteiger partial charge in [-0.05, 0) is 44.5 Å². The fourth-order valence-corrected chi connectivity index (χ4v) is 4.90. The van der Waals surface area contributed by atoms with Crippen molar-refractivity contribution in [2.75, 3.05) is 0 Å². The van der Waals surface area contributed by atoms with Crippen LogP contribution in [0, 0.1) is 0 Å². The lowest BCUT2D eigenvalue weighted by atomic mass is 10.1. The monoisotopic (exact) mass is 549 g/mol. The molecule has 0 saturated carbocycles. The SMILES string of the molecule is Cn1c(C(O)c2ccccc2)nc2c1c(=O)n(Cc1cc3c(Cl)cccc3n1C(=O)OC(C)(C)C)c(=O)n2C. The molecule has 0 amide bonds. The highest BCUT2D eigenvalue weighted by Crippen LogP contribution is 2.28. The summed E-state index contributed by atoms with van der Waals surface area (Å²) in [4.78, 5) is 44.9. The Kier molecular flexibility index (Phi) is 6.48. The largest absolute Gasteiger partial charge is 0.443 e.